The average molecular weight is 170 g/mol. The Morgan fingerprint density at radius 1 is 1.00 bits per heavy atom. The van der Waals surface area contributed by atoms with E-state index < -0.39 is 0 Å². The SMILES string of the molecule is C1CCNCC1.ClCCl. The van der Waals surface area contributed by atoms with Crippen LogP contribution in [-0.4, -0.2) is 18.4 Å². The van der Waals surface area contributed by atoms with Crippen molar-refractivity contribution in [2.75, 3.05) is 18.4 Å². The number of piperidine rings is 1. The number of hydrogen-bond acceptors (Lipinski definition) is 1. The van der Waals surface area contributed by atoms with Crippen LogP contribution >= 0.6 is 23.2 Å². The maximum Gasteiger partial charge on any atom is 0.0967 e. The van der Waals surface area contributed by atoms with Gasteiger partial charge in [0, 0.05) is 0 Å². The predicted octanol–water partition coefficient (Wildman–Crippen LogP) is 2.18. The van der Waals surface area contributed by atoms with E-state index in [2.05, 4.69) is 5.32 Å². The number of alkyl halides is 2. The first-order chi connectivity index (χ1) is 4.41. The lowest BCUT2D eigenvalue weighted by Gasteiger charge is -2.08. The standard InChI is InChI=1S/C5H11N.CH2Cl2/c1-2-4-6-5-3-1;2-1-3/h6H,1-5H2;1H2. The molecular formula is C6H13Cl2N. The van der Waals surface area contributed by atoms with Crippen LogP contribution in [0, 0.1) is 0 Å². The molecule has 1 saturated heterocycles. The summed E-state index contributed by atoms with van der Waals surface area (Å²) in [5.41, 5.74) is 0. The molecule has 1 aliphatic heterocycles. The number of hydrogen-bond donors (Lipinski definition) is 1. The molecule has 0 atom stereocenters. The first-order valence-corrected chi connectivity index (χ1v) is 4.31. The zero-order chi connectivity index (χ0) is 6.95. The third kappa shape index (κ3) is 8.54. The Morgan fingerprint density at radius 3 is 1.56 bits per heavy atom. The van der Waals surface area contributed by atoms with Crippen LogP contribution in [0.1, 0.15) is 19.3 Å². The molecule has 1 aliphatic rings. The van der Waals surface area contributed by atoms with Gasteiger partial charge in [0.05, 0.1) is 5.34 Å². The largest absolute Gasteiger partial charge is 0.317 e. The molecule has 9 heavy (non-hydrogen) atoms. The summed E-state index contributed by atoms with van der Waals surface area (Å²) in [6, 6.07) is 0. The first kappa shape index (κ1) is 9.54. The van der Waals surface area contributed by atoms with E-state index in [9.17, 15) is 0 Å². The van der Waals surface area contributed by atoms with E-state index >= 15 is 0 Å². The summed E-state index contributed by atoms with van der Waals surface area (Å²) < 4.78 is 0. The lowest BCUT2D eigenvalue weighted by atomic mass is 10.2. The maximum atomic E-state index is 4.76. The molecule has 0 aliphatic carbocycles. The molecule has 1 fully saturated rings. The van der Waals surface area contributed by atoms with E-state index in [0.717, 1.165) is 0 Å². The zero-order valence-electron chi connectivity index (χ0n) is 5.50. The summed E-state index contributed by atoms with van der Waals surface area (Å²) in [4.78, 5) is 0. The molecule has 0 aromatic heterocycles. The van der Waals surface area contributed by atoms with Gasteiger partial charge >= 0.3 is 0 Å². The fourth-order valence-corrected chi connectivity index (χ4v) is 0.802. The van der Waals surface area contributed by atoms with Crippen molar-refractivity contribution >= 4 is 23.2 Å². The van der Waals surface area contributed by atoms with E-state index in [1.807, 2.05) is 0 Å². The van der Waals surface area contributed by atoms with E-state index in [-0.39, 0.29) is 5.34 Å². The Kier molecular flexibility index (Phi) is 9.05. The summed E-state index contributed by atoms with van der Waals surface area (Å²) in [5, 5.41) is 3.48. The van der Waals surface area contributed by atoms with Gasteiger partial charge in [0.25, 0.3) is 0 Å². The van der Waals surface area contributed by atoms with Crippen molar-refractivity contribution in [3.8, 4) is 0 Å². The predicted molar refractivity (Wildman–Crippen MR) is 43.3 cm³/mol. The minimum atomic E-state index is 0.194. The molecule has 56 valence electrons. The minimum absolute atomic E-state index is 0.194. The van der Waals surface area contributed by atoms with Gasteiger partial charge in [-0.1, -0.05) is 6.42 Å². The van der Waals surface area contributed by atoms with Crippen LogP contribution in [0.25, 0.3) is 0 Å². The van der Waals surface area contributed by atoms with Gasteiger partial charge in [-0.2, -0.15) is 0 Å². The van der Waals surface area contributed by atoms with Crippen LogP contribution in [0.4, 0.5) is 0 Å². The quantitative estimate of drug-likeness (QED) is 0.549. The number of nitrogens with one attached hydrogen (secondary N) is 1. The summed E-state index contributed by atoms with van der Waals surface area (Å²) in [7, 11) is 0. The van der Waals surface area contributed by atoms with Crippen molar-refractivity contribution in [3.05, 3.63) is 0 Å². The van der Waals surface area contributed by atoms with Gasteiger partial charge in [-0.15, -0.1) is 23.2 Å². The smallest absolute Gasteiger partial charge is 0.0967 e. The van der Waals surface area contributed by atoms with Gasteiger partial charge in [-0.25, -0.2) is 0 Å². The van der Waals surface area contributed by atoms with Crippen molar-refractivity contribution in [2.45, 2.75) is 19.3 Å². The molecular weight excluding hydrogens is 157 g/mol. The second kappa shape index (κ2) is 8.54. The van der Waals surface area contributed by atoms with Gasteiger partial charge in [-0.05, 0) is 25.9 Å². The van der Waals surface area contributed by atoms with E-state index in [1.54, 1.807) is 0 Å². The third-order valence-corrected chi connectivity index (χ3v) is 1.21. The molecule has 1 nitrogen and oxygen atoms in total. The monoisotopic (exact) mass is 169 g/mol. The Hall–Kier alpha value is 0.540. The normalized spacial score (nSPS) is 18.0. The van der Waals surface area contributed by atoms with Gasteiger partial charge in [0.1, 0.15) is 0 Å². The Balaban J connectivity index is 0.000000187. The molecule has 0 amide bonds. The molecule has 3 heteroatoms. The van der Waals surface area contributed by atoms with E-state index in [0.29, 0.717) is 0 Å². The van der Waals surface area contributed by atoms with Crippen molar-refractivity contribution < 1.29 is 0 Å². The maximum absolute atomic E-state index is 4.76. The van der Waals surface area contributed by atoms with E-state index in [1.165, 1.54) is 32.4 Å². The molecule has 1 heterocycles. The summed E-state index contributed by atoms with van der Waals surface area (Å²) >= 11 is 9.53. The second-order valence-electron chi connectivity index (χ2n) is 1.91. The fraction of sp³-hybridized carbons (Fsp3) is 1.00. The first-order valence-electron chi connectivity index (χ1n) is 3.24. The van der Waals surface area contributed by atoms with Gasteiger partial charge in [-0.3, -0.25) is 0 Å². The molecule has 1 rings (SSSR count). The molecule has 0 aromatic carbocycles. The number of halogens is 2. The zero-order valence-corrected chi connectivity index (χ0v) is 7.01. The van der Waals surface area contributed by atoms with Gasteiger partial charge in [0.15, 0.2) is 0 Å². The average Bonchev–Trinajstić information content (AvgIpc) is 1.93. The van der Waals surface area contributed by atoms with Crippen molar-refractivity contribution in [1.29, 1.82) is 0 Å². The highest BCUT2D eigenvalue weighted by molar-refractivity contribution is 6.40. The summed E-state index contributed by atoms with van der Waals surface area (Å²) in [6.45, 7) is 2.50. The molecule has 0 unspecified atom stereocenters. The Morgan fingerprint density at radius 2 is 1.44 bits per heavy atom. The van der Waals surface area contributed by atoms with Crippen molar-refractivity contribution in [2.24, 2.45) is 0 Å². The Bertz CT molecular complexity index is 34.8. The van der Waals surface area contributed by atoms with Crippen molar-refractivity contribution in [3.63, 3.8) is 0 Å². The van der Waals surface area contributed by atoms with Crippen LogP contribution in [0.3, 0.4) is 0 Å². The van der Waals surface area contributed by atoms with Gasteiger partial charge in [0.2, 0.25) is 0 Å². The summed E-state index contributed by atoms with van der Waals surface area (Å²) in [6.07, 6.45) is 4.22. The lowest BCUT2D eigenvalue weighted by molar-refractivity contribution is 0.520. The molecule has 0 bridgehead atoms. The number of rotatable bonds is 0. The highest BCUT2D eigenvalue weighted by atomic mass is 35.5. The molecule has 1 N–H and O–H groups in total. The van der Waals surface area contributed by atoms with Gasteiger partial charge < -0.3 is 5.32 Å². The molecule has 0 saturated carbocycles. The topological polar surface area (TPSA) is 12.0 Å². The minimum Gasteiger partial charge on any atom is -0.317 e. The fourth-order valence-electron chi connectivity index (χ4n) is 0.802. The molecule has 0 aromatic rings. The Labute approximate surface area is 66.7 Å². The summed E-state index contributed by atoms with van der Waals surface area (Å²) in [5.74, 6) is 0. The van der Waals surface area contributed by atoms with Crippen LogP contribution < -0.4 is 5.32 Å². The highest BCUT2D eigenvalue weighted by Crippen LogP contribution is 1.96. The third-order valence-electron chi connectivity index (χ3n) is 1.21. The molecule has 0 radical (unpaired) electrons. The van der Waals surface area contributed by atoms with Crippen LogP contribution in [0.15, 0.2) is 0 Å². The highest BCUT2D eigenvalue weighted by Gasteiger charge is 1.93. The lowest BCUT2D eigenvalue weighted by Crippen LogP contribution is -2.21. The van der Waals surface area contributed by atoms with Crippen LogP contribution in [-0.2, 0) is 0 Å². The van der Waals surface area contributed by atoms with Crippen molar-refractivity contribution in [1.82, 2.24) is 5.32 Å². The van der Waals surface area contributed by atoms with E-state index in [4.69, 9.17) is 23.2 Å². The van der Waals surface area contributed by atoms with Crippen LogP contribution in [0.2, 0.25) is 0 Å². The van der Waals surface area contributed by atoms with Crippen LogP contribution in [0.5, 0.6) is 0 Å². The second-order valence-corrected chi connectivity index (χ2v) is 2.72. The molecule has 0 spiro atoms.